The van der Waals surface area contributed by atoms with Crippen LogP contribution in [0.5, 0.6) is 11.5 Å². The number of aromatic nitrogens is 3. The van der Waals surface area contributed by atoms with Crippen LogP contribution in [0.3, 0.4) is 0 Å². The minimum Gasteiger partial charge on any atom is -0.457 e. The van der Waals surface area contributed by atoms with Gasteiger partial charge in [0.2, 0.25) is 0 Å². The Kier molecular flexibility index (Phi) is 7.36. The molecule has 4 nitrogen and oxygen atoms in total. The topological polar surface area (TPSA) is 47.9 Å². The lowest BCUT2D eigenvalue weighted by molar-refractivity contribution is 0.435. The van der Waals surface area contributed by atoms with Crippen molar-refractivity contribution in [2.75, 3.05) is 0 Å². The first-order valence-electron chi connectivity index (χ1n) is 18.9. The Morgan fingerprint density at radius 1 is 0.286 bits per heavy atom. The molecule has 1 spiro atoms. The molecule has 1 aliphatic carbocycles. The van der Waals surface area contributed by atoms with E-state index in [1.54, 1.807) is 0 Å². The lowest BCUT2D eigenvalue weighted by atomic mass is 9.62. The van der Waals surface area contributed by atoms with Gasteiger partial charge in [-0.2, -0.15) is 0 Å². The number of para-hydroxylation sites is 2. The molecule has 11 rings (SSSR count). The largest absolute Gasteiger partial charge is 0.457 e. The lowest BCUT2D eigenvalue weighted by Crippen LogP contribution is -2.34. The summed E-state index contributed by atoms with van der Waals surface area (Å²) in [7, 11) is 0. The van der Waals surface area contributed by atoms with E-state index in [9.17, 15) is 0 Å². The van der Waals surface area contributed by atoms with E-state index in [4.69, 9.17) is 19.7 Å². The fourth-order valence-corrected chi connectivity index (χ4v) is 8.77. The molecule has 0 atom stereocenters. The van der Waals surface area contributed by atoms with Crippen LogP contribution in [-0.4, -0.2) is 15.0 Å². The van der Waals surface area contributed by atoms with Gasteiger partial charge in [0.15, 0.2) is 17.5 Å². The standard InChI is InChI=1S/C52H33N3O/c1-3-16-34(17-4-1)36-20-15-21-37(32-36)50-53-49(35-18-5-2-6-19-35)54-51(55-50)38-30-31-42-40-23-8-7-22-39(40)41-24-9-10-25-43(41)52(46(42)33-38)44-26-11-13-28-47(44)56-48-29-14-12-27-45(48)52/h1-33H. The van der Waals surface area contributed by atoms with E-state index >= 15 is 0 Å². The number of rotatable bonds is 4. The first-order chi connectivity index (χ1) is 27.8. The van der Waals surface area contributed by atoms with Crippen LogP contribution >= 0.6 is 0 Å². The maximum atomic E-state index is 6.71. The minimum atomic E-state index is -0.728. The monoisotopic (exact) mass is 715 g/mol. The third-order valence-electron chi connectivity index (χ3n) is 11.2. The van der Waals surface area contributed by atoms with E-state index in [0.29, 0.717) is 17.5 Å². The average molecular weight is 716 g/mol. The predicted octanol–water partition coefficient (Wildman–Crippen LogP) is 12.7. The second kappa shape index (κ2) is 12.9. The number of hydrogen-bond acceptors (Lipinski definition) is 4. The van der Waals surface area contributed by atoms with Crippen LogP contribution < -0.4 is 4.74 Å². The molecule has 2 aliphatic rings. The average Bonchev–Trinajstić information content (AvgIpc) is 3.38. The molecule has 9 aromatic rings. The molecule has 2 heterocycles. The first-order valence-corrected chi connectivity index (χ1v) is 18.9. The van der Waals surface area contributed by atoms with Crippen LogP contribution in [0.15, 0.2) is 200 Å². The molecular formula is C52H33N3O. The van der Waals surface area contributed by atoms with Gasteiger partial charge in [-0.15, -0.1) is 0 Å². The summed E-state index contributed by atoms with van der Waals surface area (Å²) in [6.07, 6.45) is 0. The van der Waals surface area contributed by atoms with Crippen LogP contribution in [0, 0.1) is 0 Å². The first kappa shape index (κ1) is 32.0. The van der Waals surface area contributed by atoms with Gasteiger partial charge in [0.1, 0.15) is 11.5 Å². The van der Waals surface area contributed by atoms with E-state index in [1.807, 2.05) is 24.3 Å². The van der Waals surface area contributed by atoms with Crippen LogP contribution in [0.1, 0.15) is 22.3 Å². The molecule has 0 amide bonds. The van der Waals surface area contributed by atoms with Gasteiger partial charge in [-0.1, -0.05) is 176 Å². The summed E-state index contributed by atoms with van der Waals surface area (Å²) in [5.74, 6) is 3.54. The van der Waals surface area contributed by atoms with E-state index in [2.05, 4.69) is 176 Å². The van der Waals surface area contributed by atoms with Gasteiger partial charge < -0.3 is 4.74 Å². The number of hydrogen-bond donors (Lipinski definition) is 0. The molecule has 0 fully saturated rings. The quantitative estimate of drug-likeness (QED) is 0.182. The molecule has 0 N–H and O–H groups in total. The van der Waals surface area contributed by atoms with Crippen molar-refractivity contribution in [3.8, 4) is 79.0 Å². The molecule has 0 radical (unpaired) electrons. The Morgan fingerprint density at radius 3 is 1.38 bits per heavy atom. The van der Waals surface area contributed by atoms with Crippen LogP contribution in [0.4, 0.5) is 0 Å². The molecular weight excluding hydrogens is 683 g/mol. The van der Waals surface area contributed by atoms with Gasteiger partial charge in [0.25, 0.3) is 0 Å². The molecule has 0 saturated heterocycles. The van der Waals surface area contributed by atoms with Crippen LogP contribution in [-0.2, 0) is 5.41 Å². The van der Waals surface area contributed by atoms with E-state index in [1.165, 1.54) is 22.3 Å². The Morgan fingerprint density at radius 2 is 0.732 bits per heavy atom. The molecule has 262 valence electrons. The summed E-state index contributed by atoms with van der Waals surface area (Å²) in [5.41, 5.74) is 13.5. The summed E-state index contributed by atoms with van der Waals surface area (Å²) in [6.45, 7) is 0. The van der Waals surface area contributed by atoms with Crippen LogP contribution in [0.2, 0.25) is 0 Å². The fraction of sp³-hybridized carbons (Fsp3) is 0.0192. The highest BCUT2D eigenvalue weighted by Gasteiger charge is 2.49. The van der Waals surface area contributed by atoms with E-state index in [-0.39, 0.29) is 0 Å². The van der Waals surface area contributed by atoms with Crippen molar-refractivity contribution in [3.63, 3.8) is 0 Å². The summed E-state index contributed by atoms with van der Waals surface area (Å²) >= 11 is 0. The van der Waals surface area contributed by atoms with Crippen molar-refractivity contribution in [1.82, 2.24) is 15.0 Å². The third-order valence-corrected chi connectivity index (χ3v) is 11.2. The summed E-state index contributed by atoms with van der Waals surface area (Å²) in [4.78, 5) is 15.6. The highest BCUT2D eigenvalue weighted by molar-refractivity contribution is 5.94. The van der Waals surface area contributed by atoms with Crippen LogP contribution in [0.25, 0.3) is 67.5 Å². The minimum absolute atomic E-state index is 0.608. The zero-order chi connectivity index (χ0) is 37.1. The Hall–Kier alpha value is -7.43. The van der Waals surface area contributed by atoms with Crippen molar-refractivity contribution in [2.45, 2.75) is 5.41 Å². The molecule has 0 unspecified atom stereocenters. The van der Waals surface area contributed by atoms with Gasteiger partial charge in [-0.25, -0.2) is 15.0 Å². The maximum Gasteiger partial charge on any atom is 0.164 e. The maximum absolute atomic E-state index is 6.71. The molecule has 4 heteroatoms. The van der Waals surface area contributed by atoms with Gasteiger partial charge >= 0.3 is 0 Å². The fourth-order valence-electron chi connectivity index (χ4n) is 8.77. The normalized spacial score (nSPS) is 12.9. The molecule has 1 aliphatic heterocycles. The van der Waals surface area contributed by atoms with Crippen molar-refractivity contribution in [3.05, 3.63) is 222 Å². The second-order valence-electron chi connectivity index (χ2n) is 14.3. The molecule has 1 aromatic heterocycles. The van der Waals surface area contributed by atoms with Crippen molar-refractivity contribution < 1.29 is 4.74 Å². The number of benzene rings is 8. The summed E-state index contributed by atoms with van der Waals surface area (Å²) < 4.78 is 6.71. The Balaban J connectivity index is 1.21. The zero-order valence-electron chi connectivity index (χ0n) is 30.3. The van der Waals surface area contributed by atoms with E-state index < -0.39 is 5.41 Å². The third kappa shape index (κ3) is 4.96. The SMILES string of the molecule is c1ccc(-c2cccc(-c3nc(-c4ccccc4)nc(-c4ccc5c(c4)C4(c6ccccc6Oc6ccccc64)c4ccccc4-c4ccccc4-5)n3)c2)cc1. The lowest BCUT2D eigenvalue weighted by Gasteiger charge is -2.42. The number of nitrogens with zero attached hydrogens (tertiary/aromatic N) is 3. The molecule has 56 heavy (non-hydrogen) atoms. The number of fused-ring (bicyclic) bond motifs is 11. The highest BCUT2D eigenvalue weighted by atomic mass is 16.5. The van der Waals surface area contributed by atoms with Gasteiger partial charge in [-0.3, -0.25) is 0 Å². The van der Waals surface area contributed by atoms with Gasteiger partial charge in [0, 0.05) is 27.8 Å². The Labute approximate surface area is 325 Å². The van der Waals surface area contributed by atoms with Crippen molar-refractivity contribution in [1.29, 1.82) is 0 Å². The summed E-state index contributed by atoms with van der Waals surface area (Å²) in [5, 5.41) is 0. The van der Waals surface area contributed by atoms with E-state index in [0.717, 1.165) is 61.6 Å². The van der Waals surface area contributed by atoms with Crippen molar-refractivity contribution >= 4 is 0 Å². The zero-order valence-corrected chi connectivity index (χ0v) is 30.3. The smallest absolute Gasteiger partial charge is 0.164 e. The van der Waals surface area contributed by atoms with Gasteiger partial charge in [-0.05, 0) is 68.8 Å². The predicted molar refractivity (Wildman–Crippen MR) is 224 cm³/mol. The second-order valence-corrected chi connectivity index (χ2v) is 14.3. The molecule has 8 aromatic carbocycles. The summed E-state index contributed by atoms with van der Waals surface area (Å²) in [6, 6.07) is 70.4. The molecule has 0 saturated carbocycles. The molecule has 0 bridgehead atoms. The van der Waals surface area contributed by atoms with Gasteiger partial charge in [0.05, 0.1) is 5.41 Å². The Bertz CT molecular complexity index is 2910. The highest BCUT2D eigenvalue weighted by Crippen LogP contribution is 2.61. The number of ether oxygens (including phenoxy) is 1. The van der Waals surface area contributed by atoms with Crippen molar-refractivity contribution in [2.24, 2.45) is 0 Å².